The van der Waals surface area contributed by atoms with E-state index in [4.69, 9.17) is 5.73 Å². The molecule has 0 amide bonds. The summed E-state index contributed by atoms with van der Waals surface area (Å²) in [7, 11) is 0. The van der Waals surface area contributed by atoms with Crippen LogP contribution < -0.4 is 5.73 Å². The fourth-order valence-electron chi connectivity index (χ4n) is 1.92. The third-order valence-corrected chi connectivity index (χ3v) is 3.15. The van der Waals surface area contributed by atoms with E-state index in [0.29, 0.717) is 6.54 Å². The van der Waals surface area contributed by atoms with Crippen LogP contribution >= 0.6 is 0 Å². The van der Waals surface area contributed by atoms with E-state index in [2.05, 4.69) is 55.0 Å². The third kappa shape index (κ3) is 3.38. The second-order valence-corrected chi connectivity index (χ2v) is 5.78. The number of aromatic nitrogens is 2. The Morgan fingerprint density at radius 1 is 1.00 bits per heavy atom. The summed E-state index contributed by atoms with van der Waals surface area (Å²) in [6.07, 6.45) is 4.53. The fraction of sp³-hybridized carbons (Fsp3) is 0.375. The summed E-state index contributed by atoms with van der Waals surface area (Å²) in [6.45, 7) is 7.25. The van der Waals surface area contributed by atoms with Gasteiger partial charge in [0.15, 0.2) is 5.82 Å². The lowest BCUT2D eigenvalue weighted by Crippen LogP contribution is -2.10. The monoisotopic (exact) mass is 255 g/mol. The number of hydrogen-bond donors (Lipinski definition) is 1. The number of nitrogens with two attached hydrogens (primary N) is 1. The third-order valence-electron chi connectivity index (χ3n) is 3.15. The first-order valence-corrected chi connectivity index (χ1v) is 6.62. The van der Waals surface area contributed by atoms with Gasteiger partial charge in [0.2, 0.25) is 0 Å². The molecule has 0 aliphatic carbocycles. The Morgan fingerprint density at radius 2 is 1.58 bits per heavy atom. The Balaban J connectivity index is 2.22. The van der Waals surface area contributed by atoms with E-state index >= 15 is 0 Å². The first-order chi connectivity index (χ1) is 9.00. The Kier molecular flexibility index (Phi) is 3.96. The summed E-state index contributed by atoms with van der Waals surface area (Å²) < 4.78 is 0. The van der Waals surface area contributed by atoms with Crippen LogP contribution in [0.1, 0.15) is 31.9 Å². The van der Waals surface area contributed by atoms with E-state index in [0.717, 1.165) is 23.4 Å². The van der Waals surface area contributed by atoms with Crippen molar-refractivity contribution in [3.8, 4) is 11.4 Å². The van der Waals surface area contributed by atoms with Crippen LogP contribution in [0.4, 0.5) is 0 Å². The van der Waals surface area contributed by atoms with Crippen LogP contribution in [0.5, 0.6) is 0 Å². The normalized spacial score (nSPS) is 11.6. The molecule has 3 heteroatoms. The van der Waals surface area contributed by atoms with Gasteiger partial charge < -0.3 is 5.73 Å². The highest BCUT2D eigenvalue weighted by molar-refractivity contribution is 5.55. The van der Waals surface area contributed by atoms with Crippen molar-refractivity contribution >= 4 is 0 Å². The molecule has 0 saturated carbocycles. The minimum atomic E-state index is 0.171. The van der Waals surface area contributed by atoms with E-state index in [1.165, 1.54) is 5.56 Å². The molecule has 2 aromatic rings. The SMILES string of the molecule is CC(C)(C)c1ccc(-c2ncc(CCN)cn2)cc1. The fourth-order valence-corrected chi connectivity index (χ4v) is 1.92. The standard InChI is InChI=1S/C16H21N3/c1-16(2,3)14-6-4-13(5-7-14)15-18-10-12(8-9-17)11-19-15/h4-7,10-11H,8-9,17H2,1-3H3. The van der Waals surface area contributed by atoms with Gasteiger partial charge in [-0.1, -0.05) is 45.0 Å². The van der Waals surface area contributed by atoms with Crippen LogP contribution in [0, 0.1) is 0 Å². The van der Waals surface area contributed by atoms with Crippen molar-refractivity contribution in [3.63, 3.8) is 0 Å². The summed E-state index contributed by atoms with van der Waals surface area (Å²) in [5.41, 5.74) is 9.13. The molecule has 3 nitrogen and oxygen atoms in total. The first-order valence-electron chi connectivity index (χ1n) is 6.62. The van der Waals surface area contributed by atoms with Crippen molar-refractivity contribution in [2.24, 2.45) is 5.73 Å². The molecule has 1 heterocycles. The average molecular weight is 255 g/mol. The molecular weight excluding hydrogens is 234 g/mol. The van der Waals surface area contributed by atoms with E-state index in [1.54, 1.807) is 0 Å². The quantitative estimate of drug-likeness (QED) is 0.917. The van der Waals surface area contributed by atoms with Gasteiger partial charge in [0.1, 0.15) is 0 Å². The molecular formula is C16H21N3. The van der Waals surface area contributed by atoms with Crippen molar-refractivity contribution < 1.29 is 0 Å². The van der Waals surface area contributed by atoms with Gasteiger partial charge in [-0.3, -0.25) is 0 Å². The molecule has 2 N–H and O–H groups in total. The van der Waals surface area contributed by atoms with Crippen molar-refractivity contribution in [2.75, 3.05) is 6.54 Å². The summed E-state index contributed by atoms with van der Waals surface area (Å²) in [4.78, 5) is 8.79. The Bertz CT molecular complexity index is 521. The molecule has 0 aliphatic rings. The van der Waals surface area contributed by atoms with Crippen molar-refractivity contribution in [3.05, 3.63) is 47.8 Å². The number of rotatable bonds is 3. The van der Waals surface area contributed by atoms with Gasteiger partial charge in [-0.2, -0.15) is 0 Å². The molecule has 0 bridgehead atoms. The van der Waals surface area contributed by atoms with Crippen LogP contribution in [0.2, 0.25) is 0 Å². The van der Waals surface area contributed by atoms with Gasteiger partial charge in [0.25, 0.3) is 0 Å². The molecule has 0 saturated heterocycles. The lowest BCUT2D eigenvalue weighted by Gasteiger charge is -2.18. The van der Waals surface area contributed by atoms with Gasteiger partial charge in [0.05, 0.1) is 0 Å². The predicted octanol–water partition coefficient (Wildman–Crippen LogP) is 2.94. The summed E-state index contributed by atoms with van der Waals surface area (Å²) in [5.74, 6) is 0.765. The van der Waals surface area contributed by atoms with Crippen molar-refractivity contribution in [2.45, 2.75) is 32.6 Å². The second-order valence-electron chi connectivity index (χ2n) is 5.78. The number of nitrogens with zero attached hydrogens (tertiary/aromatic N) is 2. The molecule has 19 heavy (non-hydrogen) atoms. The molecule has 1 aromatic heterocycles. The van der Waals surface area contributed by atoms with Crippen LogP contribution in [0.15, 0.2) is 36.7 Å². The minimum Gasteiger partial charge on any atom is -0.330 e. The highest BCUT2D eigenvalue weighted by Gasteiger charge is 2.13. The minimum absolute atomic E-state index is 0.171. The summed E-state index contributed by atoms with van der Waals surface area (Å²) in [5, 5.41) is 0. The van der Waals surface area contributed by atoms with Crippen molar-refractivity contribution in [1.29, 1.82) is 0 Å². The van der Waals surface area contributed by atoms with E-state index < -0.39 is 0 Å². The molecule has 0 radical (unpaired) electrons. The van der Waals surface area contributed by atoms with Gasteiger partial charge in [-0.05, 0) is 29.5 Å². The van der Waals surface area contributed by atoms with Crippen LogP contribution in [-0.2, 0) is 11.8 Å². The average Bonchev–Trinajstić information content (AvgIpc) is 2.39. The maximum Gasteiger partial charge on any atom is 0.159 e. The summed E-state index contributed by atoms with van der Waals surface area (Å²) >= 11 is 0. The zero-order valence-electron chi connectivity index (χ0n) is 11.9. The van der Waals surface area contributed by atoms with Gasteiger partial charge in [-0.15, -0.1) is 0 Å². The van der Waals surface area contributed by atoms with E-state index in [1.807, 2.05) is 12.4 Å². The zero-order valence-corrected chi connectivity index (χ0v) is 11.9. The molecule has 0 spiro atoms. The Hall–Kier alpha value is -1.74. The molecule has 0 aliphatic heterocycles. The molecule has 0 fully saturated rings. The van der Waals surface area contributed by atoms with Gasteiger partial charge >= 0.3 is 0 Å². The molecule has 0 atom stereocenters. The number of benzene rings is 1. The second kappa shape index (κ2) is 5.49. The Morgan fingerprint density at radius 3 is 2.05 bits per heavy atom. The van der Waals surface area contributed by atoms with E-state index in [9.17, 15) is 0 Å². The maximum absolute atomic E-state index is 5.51. The van der Waals surface area contributed by atoms with Crippen molar-refractivity contribution in [1.82, 2.24) is 9.97 Å². The molecule has 2 rings (SSSR count). The largest absolute Gasteiger partial charge is 0.330 e. The maximum atomic E-state index is 5.51. The van der Waals surface area contributed by atoms with Crippen LogP contribution in [-0.4, -0.2) is 16.5 Å². The molecule has 1 aromatic carbocycles. The van der Waals surface area contributed by atoms with Crippen LogP contribution in [0.3, 0.4) is 0 Å². The molecule has 100 valence electrons. The lowest BCUT2D eigenvalue weighted by atomic mass is 9.87. The number of hydrogen-bond acceptors (Lipinski definition) is 3. The summed E-state index contributed by atoms with van der Waals surface area (Å²) in [6, 6.07) is 8.45. The predicted molar refractivity (Wildman–Crippen MR) is 78.9 cm³/mol. The highest BCUT2D eigenvalue weighted by atomic mass is 14.9. The van der Waals surface area contributed by atoms with E-state index in [-0.39, 0.29) is 5.41 Å². The van der Waals surface area contributed by atoms with Crippen LogP contribution in [0.25, 0.3) is 11.4 Å². The highest BCUT2D eigenvalue weighted by Crippen LogP contribution is 2.24. The lowest BCUT2D eigenvalue weighted by molar-refractivity contribution is 0.590. The van der Waals surface area contributed by atoms with Gasteiger partial charge in [-0.25, -0.2) is 9.97 Å². The zero-order chi connectivity index (χ0) is 13.9. The molecule has 0 unspecified atom stereocenters. The first kappa shape index (κ1) is 13.7. The Labute approximate surface area is 114 Å². The van der Waals surface area contributed by atoms with Gasteiger partial charge in [0, 0.05) is 18.0 Å². The smallest absolute Gasteiger partial charge is 0.159 e. The topological polar surface area (TPSA) is 51.8 Å².